The lowest BCUT2D eigenvalue weighted by molar-refractivity contribution is -0.152. The zero-order valence-electron chi connectivity index (χ0n) is 22.1. The van der Waals surface area contributed by atoms with Crippen molar-refractivity contribution in [2.75, 3.05) is 13.2 Å². The molecule has 2 N–H and O–H groups in total. The smallest absolute Gasteiger partial charge is 0.458 e. The van der Waals surface area contributed by atoms with Gasteiger partial charge in [-0.3, -0.25) is 4.79 Å². The van der Waals surface area contributed by atoms with Crippen molar-refractivity contribution in [1.82, 2.24) is 0 Å². The van der Waals surface area contributed by atoms with Gasteiger partial charge in [0, 0.05) is 0 Å². The number of ether oxygens (including phenoxy) is 7. The number of rotatable bonds is 13. The molecule has 4 atom stereocenters. The molecule has 208 valence electrons. The van der Waals surface area contributed by atoms with Crippen molar-refractivity contribution < 1.29 is 52.3 Å². The molecule has 1 aromatic carbocycles. The standard InChI is InChI=1S/C25H37NO11/c1-7-15(4)34-24(29)36-20-11-10-18(13-21(20)37-25(30)35-16(5)8-2)12-19(26)22(27)33-17(6)14-32-23(28)31-9-3/h10-11,13,15-17,19H,7-9,12,14,26H2,1-6H3/t15?,16?,17-,19-/m0/s1. The largest absolute Gasteiger partial charge is 0.514 e. The third-order valence-corrected chi connectivity index (χ3v) is 4.91. The van der Waals surface area contributed by atoms with E-state index in [0.717, 1.165) is 0 Å². The molecule has 0 amide bonds. The Balaban J connectivity index is 2.92. The van der Waals surface area contributed by atoms with E-state index in [2.05, 4.69) is 4.74 Å². The second-order valence-electron chi connectivity index (χ2n) is 8.21. The summed E-state index contributed by atoms with van der Waals surface area (Å²) in [6.45, 7) is 10.2. The van der Waals surface area contributed by atoms with Crippen molar-refractivity contribution in [2.45, 2.75) is 85.2 Å². The van der Waals surface area contributed by atoms with Gasteiger partial charge in [-0.25, -0.2) is 14.4 Å². The minimum Gasteiger partial charge on any atom is -0.458 e. The summed E-state index contributed by atoms with van der Waals surface area (Å²) in [6.07, 6.45) is -3.21. The van der Waals surface area contributed by atoms with E-state index in [0.29, 0.717) is 18.4 Å². The average molecular weight is 528 g/mol. The molecule has 0 aliphatic carbocycles. The van der Waals surface area contributed by atoms with Gasteiger partial charge in [0.25, 0.3) is 0 Å². The number of benzene rings is 1. The van der Waals surface area contributed by atoms with Gasteiger partial charge in [-0.05, 0) is 64.7 Å². The predicted octanol–water partition coefficient (Wildman–Crippen LogP) is 4.29. The minimum absolute atomic E-state index is 0.00134. The van der Waals surface area contributed by atoms with Gasteiger partial charge in [-0.2, -0.15) is 0 Å². The maximum Gasteiger partial charge on any atom is 0.514 e. The van der Waals surface area contributed by atoms with Crippen molar-refractivity contribution in [1.29, 1.82) is 0 Å². The fourth-order valence-corrected chi connectivity index (χ4v) is 2.57. The van der Waals surface area contributed by atoms with Crippen molar-refractivity contribution in [2.24, 2.45) is 5.73 Å². The molecular formula is C25H37NO11. The van der Waals surface area contributed by atoms with Crippen LogP contribution in [0.5, 0.6) is 11.5 Å². The van der Waals surface area contributed by atoms with Crippen molar-refractivity contribution in [3.63, 3.8) is 0 Å². The van der Waals surface area contributed by atoms with Crippen LogP contribution in [0.15, 0.2) is 18.2 Å². The van der Waals surface area contributed by atoms with E-state index in [1.165, 1.54) is 19.1 Å². The van der Waals surface area contributed by atoms with Gasteiger partial charge in [0.05, 0.1) is 6.61 Å². The first-order chi connectivity index (χ1) is 17.5. The molecule has 0 bridgehead atoms. The highest BCUT2D eigenvalue weighted by Crippen LogP contribution is 2.30. The highest BCUT2D eigenvalue weighted by atomic mass is 16.8. The van der Waals surface area contributed by atoms with Crippen molar-refractivity contribution in [3.05, 3.63) is 23.8 Å². The van der Waals surface area contributed by atoms with Gasteiger partial charge in [0.15, 0.2) is 11.5 Å². The highest BCUT2D eigenvalue weighted by molar-refractivity contribution is 5.76. The molecule has 0 fully saturated rings. The SMILES string of the molecule is CCOC(=O)OC[C@H](C)OC(=O)[C@@H](N)Cc1ccc(OC(=O)OC(C)CC)c(OC(=O)OC(C)CC)c1. The minimum atomic E-state index is -1.09. The molecule has 12 heteroatoms. The first kappa shape index (κ1) is 31.5. The van der Waals surface area contributed by atoms with Crippen LogP contribution in [0.1, 0.15) is 59.9 Å². The lowest BCUT2D eigenvalue weighted by atomic mass is 10.1. The number of carbonyl (C=O) groups is 4. The van der Waals surface area contributed by atoms with E-state index in [9.17, 15) is 19.2 Å². The first-order valence-corrected chi connectivity index (χ1v) is 12.1. The van der Waals surface area contributed by atoms with Gasteiger partial charge < -0.3 is 38.9 Å². The van der Waals surface area contributed by atoms with E-state index >= 15 is 0 Å². The maximum atomic E-state index is 12.4. The fourth-order valence-electron chi connectivity index (χ4n) is 2.57. The summed E-state index contributed by atoms with van der Waals surface area (Å²) in [4.78, 5) is 47.9. The Labute approximate surface area is 216 Å². The van der Waals surface area contributed by atoms with Crippen LogP contribution in [0, 0.1) is 0 Å². The van der Waals surface area contributed by atoms with Crippen molar-refractivity contribution in [3.8, 4) is 11.5 Å². The lowest BCUT2D eigenvalue weighted by Crippen LogP contribution is -2.37. The molecule has 0 heterocycles. The Morgan fingerprint density at radius 2 is 1.32 bits per heavy atom. The zero-order valence-corrected chi connectivity index (χ0v) is 22.1. The predicted molar refractivity (Wildman–Crippen MR) is 130 cm³/mol. The summed E-state index contributed by atoms with van der Waals surface area (Å²) in [5.41, 5.74) is 6.46. The summed E-state index contributed by atoms with van der Waals surface area (Å²) < 4.78 is 35.3. The number of nitrogens with two attached hydrogens (primary N) is 1. The van der Waals surface area contributed by atoms with Crippen LogP contribution in [-0.2, 0) is 34.9 Å². The van der Waals surface area contributed by atoms with E-state index in [1.807, 2.05) is 13.8 Å². The highest BCUT2D eigenvalue weighted by Gasteiger charge is 2.23. The van der Waals surface area contributed by atoms with E-state index < -0.39 is 42.7 Å². The molecule has 0 aliphatic heterocycles. The average Bonchev–Trinajstić information content (AvgIpc) is 2.84. The summed E-state index contributed by atoms with van der Waals surface area (Å²) >= 11 is 0. The van der Waals surface area contributed by atoms with Gasteiger partial charge in [0.2, 0.25) is 0 Å². The van der Waals surface area contributed by atoms with E-state index in [4.69, 9.17) is 34.2 Å². The molecule has 12 nitrogen and oxygen atoms in total. The van der Waals surface area contributed by atoms with Crippen LogP contribution in [0.4, 0.5) is 14.4 Å². The second-order valence-corrected chi connectivity index (χ2v) is 8.21. The molecule has 2 unspecified atom stereocenters. The maximum absolute atomic E-state index is 12.4. The third-order valence-electron chi connectivity index (χ3n) is 4.91. The van der Waals surface area contributed by atoms with E-state index in [1.54, 1.807) is 26.8 Å². The third kappa shape index (κ3) is 12.3. The molecule has 0 saturated heterocycles. The van der Waals surface area contributed by atoms with Crippen LogP contribution in [0.3, 0.4) is 0 Å². The number of hydrogen-bond acceptors (Lipinski definition) is 12. The molecule has 0 aliphatic rings. The molecule has 0 saturated carbocycles. The zero-order chi connectivity index (χ0) is 28.0. The second kappa shape index (κ2) is 16.3. The van der Waals surface area contributed by atoms with Crippen LogP contribution in [0.25, 0.3) is 0 Å². The topological polar surface area (TPSA) is 159 Å². The lowest BCUT2D eigenvalue weighted by Gasteiger charge is -2.18. The summed E-state index contributed by atoms with van der Waals surface area (Å²) in [6, 6.07) is 3.23. The fraction of sp³-hybridized carbons (Fsp3) is 0.600. The molecule has 0 aromatic heterocycles. The molecule has 1 aromatic rings. The summed E-state index contributed by atoms with van der Waals surface area (Å²) in [5.74, 6) is -0.946. The Hall–Kier alpha value is -3.54. The summed E-state index contributed by atoms with van der Waals surface area (Å²) in [7, 11) is 0. The molecule has 0 spiro atoms. The molecular weight excluding hydrogens is 490 g/mol. The Bertz CT molecular complexity index is 905. The number of carbonyl (C=O) groups excluding carboxylic acids is 4. The van der Waals surface area contributed by atoms with Gasteiger partial charge >= 0.3 is 24.4 Å². The quantitative estimate of drug-likeness (QED) is 0.221. The van der Waals surface area contributed by atoms with Gasteiger partial charge in [-0.15, -0.1) is 0 Å². The van der Waals surface area contributed by atoms with Gasteiger partial charge in [0.1, 0.15) is 31.0 Å². The Morgan fingerprint density at radius 3 is 1.86 bits per heavy atom. The van der Waals surface area contributed by atoms with Crippen LogP contribution < -0.4 is 15.2 Å². The normalized spacial score (nSPS) is 13.8. The first-order valence-electron chi connectivity index (χ1n) is 12.1. The van der Waals surface area contributed by atoms with Crippen LogP contribution in [-0.4, -0.2) is 62.0 Å². The molecule has 0 radical (unpaired) electrons. The van der Waals surface area contributed by atoms with Crippen molar-refractivity contribution >= 4 is 24.4 Å². The van der Waals surface area contributed by atoms with Gasteiger partial charge in [-0.1, -0.05) is 19.9 Å². The monoisotopic (exact) mass is 527 g/mol. The van der Waals surface area contributed by atoms with E-state index in [-0.39, 0.29) is 37.2 Å². The van der Waals surface area contributed by atoms with Crippen LogP contribution in [0.2, 0.25) is 0 Å². The molecule has 1 rings (SSSR count). The van der Waals surface area contributed by atoms with Crippen LogP contribution >= 0.6 is 0 Å². The Morgan fingerprint density at radius 1 is 0.757 bits per heavy atom. The number of hydrogen-bond donors (Lipinski definition) is 1. The Kier molecular flexibility index (Phi) is 13.8. The summed E-state index contributed by atoms with van der Waals surface area (Å²) in [5, 5.41) is 0. The molecule has 37 heavy (non-hydrogen) atoms. The number of esters is 1.